The van der Waals surface area contributed by atoms with E-state index >= 15 is 0 Å². The summed E-state index contributed by atoms with van der Waals surface area (Å²) in [5.74, 6) is -0.524. The number of carbonyl (C=O) groups excluding carboxylic acids is 1. The molecule has 1 aromatic carbocycles. The van der Waals surface area contributed by atoms with Gasteiger partial charge in [-0.2, -0.15) is 0 Å². The van der Waals surface area contributed by atoms with E-state index in [0.29, 0.717) is 12.8 Å². The summed E-state index contributed by atoms with van der Waals surface area (Å²) in [5, 5.41) is 8.92. The van der Waals surface area contributed by atoms with E-state index < -0.39 is 13.0 Å². The monoisotopic (exact) mass is 283 g/mol. The van der Waals surface area contributed by atoms with Crippen LogP contribution in [0.4, 0.5) is 8.78 Å². The van der Waals surface area contributed by atoms with Gasteiger partial charge in [-0.25, -0.2) is 8.78 Å². The standard InChI is InChI=1S/C15H19F2NO2/c16-14(17)10-18(7-8-19)15(20)13-6-5-11-3-1-2-4-12(11)9-13/h1-4,13-14,19H,5-10H2. The number of halogens is 2. The first-order valence-electron chi connectivity index (χ1n) is 6.86. The molecular formula is C15H19F2NO2. The van der Waals surface area contributed by atoms with Gasteiger partial charge in [0.25, 0.3) is 6.43 Å². The van der Waals surface area contributed by atoms with Gasteiger partial charge in [0.15, 0.2) is 0 Å². The fraction of sp³-hybridized carbons (Fsp3) is 0.533. The fourth-order valence-electron chi connectivity index (χ4n) is 2.75. The first-order valence-corrected chi connectivity index (χ1v) is 6.86. The van der Waals surface area contributed by atoms with Crippen molar-refractivity contribution in [1.82, 2.24) is 4.90 Å². The molecule has 0 saturated carbocycles. The summed E-state index contributed by atoms with van der Waals surface area (Å²) in [5.41, 5.74) is 2.36. The second-order valence-electron chi connectivity index (χ2n) is 5.11. The Hall–Kier alpha value is -1.49. The van der Waals surface area contributed by atoms with Crippen molar-refractivity contribution in [2.24, 2.45) is 5.92 Å². The van der Waals surface area contributed by atoms with Crippen LogP contribution in [0.25, 0.3) is 0 Å². The number of alkyl halides is 2. The Labute approximate surface area is 117 Å². The first-order chi connectivity index (χ1) is 9.61. The van der Waals surface area contributed by atoms with Crippen molar-refractivity contribution in [3.8, 4) is 0 Å². The van der Waals surface area contributed by atoms with Gasteiger partial charge in [-0.1, -0.05) is 24.3 Å². The number of amides is 1. The molecule has 1 N–H and O–H groups in total. The topological polar surface area (TPSA) is 40.5 Å². The Morgan fingerprint density at radius 3 is 2.70 bits per heavy atom. The van der Waals surface area contributed by atoms with Crippen LogP contribution in [-0.4, -0.2) is 42.0 Å². The van der Waals surface area contributed by atoms with Crippen LogP contribution in [0.3, 0.4) is 0 Å². The van der Waals surface area contributed by atoms with Gasteiger partial charge < -0.3 is 10.0 Å². The van der Waals surface area contributed by atoms with Gasteiger partial charge in [-0.05, 0) is 30.4 Å². The third-order valence-corrected chi connectivity index (χ3v) is 3.74. The van der Waals surface area contributed by atoms with Crippen LogP contribution in [0.2, 0.25) is 0 Å². The van der Waals surface area contributed by atoms with E-state index in [4.69, 9.17) is 5.11 Å². The highest BCUT2D eigenvalue weighted by Gasteiger charge is 2.29. The van der Waals surface area contributed by atoms with Crippen LogP contribution in [0.5, 0.6) is 0 Å². The molecule has 0 fully saturated rings. The zero-order chi connectivity index (χ0) is 14.5. The minimum Gasteiger partial charge on any atom is -0.395 e. The van der Waals surface area contributed by atoms with Crippen LogP contribution in [-0.2, 0) is 17.6 Å². The average molecular weight is 283 g/mol. The summed E-state index contributed by atoms with van der Waals surface area (Å²) < 4.78 is 25.0. The number of fused-ring (bicyclic) bond motifs is 1. The van der Waals surface area contributed by atoms with Gasteiger partial charge in [0.1, 0.15) is 0 Å². The molecule has 0 heterocycles. The number of rotatable bonds is 5. The van der Waals surface area contributed by atoms with Crippen molar-refractivity contribution in [2.75, 3.05) is 19.7 Å². The van der Waals surface area contributed by atoms with Crippen molar-refractivity contribution >= 4 is 5.91 Å². The van der Waals surface area contributed by atoms with Crippen LogP contribution in [0, 0.1) is 5.92 Å². The third kappa shape index (κ3) is 3.54. The molecule has 1 atom stereocenters. The smallest absolute Gasteiger partial charge is 0.255 e. The van der Waals surface area contributed by atoms with Gasteiger partial charge in [0.2, 0.25) is 5.91 Å². The quantitative estimate of drug-likeness (QED) is 0.896. The van der Waals surface area contributed by atoms with Gasteiger partial charge in [-0.3, -0.25) is 4.79 Å². The lowest BCUT2D eigenvalue weighted by molar-refractivity contribution is -0.138. The summed E-state index contributed by atoms with van der Waals surface area (Å²) in [6.45, 7) is -0.916. The highest BCUT2D eigenvalue weighted by Crippen LogP contribution is 2.26. The molecule has 1 aromatic rings. The lowest BCUT2D eigenvalue weighted by atomic mass is 9.83. The minimum absolute atomic E-state index is 0.0265. The Bertz CT molecular complexity index is 465. The number of carbonyl (C=O) groups is 1. The number of hydrogen-bond acceptors (Lipinski definition) is 2. The van der Waals surface area contributed by atoms with Crippen LogP contribution >= 0.6 is 0 Å². The highest BCUT2D eigenvalue weighted by atomic mass is 19.3. The lowest BCUT2D eigenvalue weighted by Crippen LogP contribution is -2.42. The summed E-state index contributed by atoms with van der Waals surface area (Å²) in [6.07, 6.45) is -0.489. The maximum atomic E-state index is 12.5. The summed E-state index contributed by atoms with van der Waals surface area (Å²) in [4.78, 5) is 13.4. The van der Waals surface area contributed by atoms with E-state index in [0.717, 1.165) is 16.9 Å². The Morgan fingerprint density at radius 1 is 1.35 bits per heavy atom. The van der Waals surface area contributed by atoms with Gasteiger partial charge in [0.05, 0.1) is 13.2 Å². The van der Waals surface area contributed by atoms with Crippen molar-refractivity contribution in [3.05, 3.63) is 35.4 Å². The van der Waals surface area contributed by atoms with Crippen molar-refractivity contribution in [3.63, 3.8) is 0 Å². The molecular weight excluding hydrogens is 264 g/mol. The van der Waals surface area contributed by atoms with Gasteiger partial charge in [-0.15, -0.1) is 0 Å². The maximum absolute atomic E-state index is 12.5. The van der Waals surface area contributed by atoms with Crippen molar-refractivity contribution < 1.29 is 18.7 Å². The lowest BCUT2D eigenvalue weighted by Gasteiger charge is -2.29. The molecule has 1 amide bonds. The van der Waals surface area contributed by atoms with E-state index in [2.05, 4.69) is 0 Å². The SMILES string of the molecule is O=C(C1CCc2ccccc2C1)N(CCO)CC(F)F. The average Bonchev–Trinajstić information content (AvgIpc) is 2.45. The van der Waals surface area contributed by atoms with E-state index in [1.165, 1.54) is 5.56 Å². The van der Waals surface area contributed by atoms with Crippen LogP contribution in [0.15, 0.2) is 24.3 Å². The third-order valence-electron chi connectivity index (χ3n) is 3.74. The molecule has 0 bridgehead atoms. The predicted octanol–water partition coefficient (Wildman–Crippen LogP) is 1.88. The molecule has 0 aromatic heterocycles. The molecule has 1 unspecified atom stereocenters. The molecule has 1 aliphatic rings. The van der Waals surface area contributed by atoms with Crippen molar-refractivity contribution in [2.45, 2.75) is 25.7 Å². The molecule has 1 aliphatic carbocycles. The Balaban J connectivity index is 2.05. The highest BCUT2D eigenvalue weighted by molar-refractivity contribution is 5.79. The number of aliphatic hydroxyl groups is 1. The Morgan fingerprint density at radius 2 is 2.05 bits per heavy atom. The summed E-state index contributed by atoms with van der Waals surface area (Å²) in [6, 6.07) is 7.92. The molecule has 0 saturated heterocycles. The normalized spacial score (nSPS) is 17.9. The first kappa shape index (κ1) is 14.9. The number of aliphatic hydroxyl groups excluding tert-OH is 1. The van der Waals surface area contributed by atoms with Crippen molar-refractivity contribution in [1.29, 1.82) is 0 Å². The van der Waals surface area contributed by atoms with E-state index in [-0.39, 0.29) is 25.0 Å². The molecule has 0 spiro atoms. The number of benzene rings is 1. The van der Waals surface area contributed by atoms with E-state index in [1.54, 1.807) is 0 Å². The van der Waals surface area contributed by atoms with E-state index in [9.17, 15) is 13.6 Å². The number of nitrogens with zero attached hydrogens (tertiary/aromatic N) is 1. The van der Waals surface area contributed by atoms with Gasteiger partial charge >= 0.3 is 0 Å². The zero-order valence-corrected chi connectivity index (χ0v) is 11.3. The zero-order valence-electron chi connectivity index (χ0n) is 11.3. The van der Waals surface area contributed by atoms with Crippen LogP contribution in [0.1, 0.15) is 17.5 Å². The maximum Gasteiger partial charge on any atom is 0.255 e. The predicted molar refractivity (Wildman–Crippen MR) is 71.6 cm³/mol. The number of aryl methyl sites for hydroxylation is 1. The molecule has 110 valence electrons. The van der Waals surface area contributed by atoms with Crippen LogP contribution < -0.4 is 0 Å². The Kier molecular flexibility index (Phi) is 5.06. The van der Waals surface area contributed by atoms with Gasteiger partial charge in [0, 0.05) is 12.5 Å². The summed E-state index contributed by atoms with van der Waals surface area (Å²) >= 11 is 0. The van der Waals surface area contributed by atoms with E-state index in [1.807, 2.05) is 24.3 Å². The molecule has 3 nitrogen and oxygen atoms in total. The fourth-order valence-corrected chi connectivity index (χ4v) is 2.75. The largest absolute Gasteiger partial charge is 0.395 e. The molecule has 20 heavy (non-hydrogen) atoms. The summed E-state index contributed by atoms with van der Waals surface area (Å²) in [7, 11) is 0. The molecule has 5 heteroatoms. The molecule has 2 rings (SSSR count). The molecule has 0 radical (unpaired) electrons. The minimum atomic E-state index is -2.57. The second-order valence-corrected chi connectivity index (χ2v) is 5.11. The second kappa shape index (κ2) is 6.79. The number of hydrogen-bond donors (Lipinski definition) is 1. The molecule has 0 aliphatic heterocycles.